The smallest absolute Gasteiger partial charge is 0.265 e. The van der Waals surface area contributed by atoms with Crippen molar-refractivity contribution in [1.82, 2.24) is 0 Å². The van der Waals surface area contributed by atoms with Gasteiger partial charge >= 0.3 is 0 Å². The van der Waals surface area contributed by atoms with Crippen LogP contribution in [0, 0.1) is 11.3 Å². The first-order valence-electron chi connectivity index (χ1n) is 8.02. The van der Waals surface area contributed by atoms with Gasteiger partial charge < -0.3 is 15.4 Å². The maximum absolute atomic E-state index is 12.0. The van der Waals surface area contributed by atoms with Gasteiger partial charge in [-0.3, -0.25) is 9.59 Å². The summed E-state index contributed by atoms with van der Waals surface area (Å²) < 4.78 is 5.38. The summed E-state index contributed by atoms with van der Waals surface area (Å²) in [5.41, 5.74) is 1.69. The lowest BCUT2D eigenvalue weighted by Crippen LogP contribution is -2.20. The number of rotatable bonds is 6. The molecule has 2 aromatic carbocycles. The van der Waals surface area contributed by atoms with Crippen LogP contribution in [0.3, 0.4) is 0 Å². The highest BCUT2D eigenvalue weighted by molar-refractivity contribution is 7.12. The number of benzene rings is 2. The number of thiophene rings is 1. The number of hydrogen-bond donors (Lipinski definition) is 2. The molecular weight excluding hydrogens is 362 g/mol. The first kappa shape index (κ1) is 18.2. The molecule has 0 spiro atoms. The lowest BCUT2D eigenvalue weighted by atomic mass is 10.2. The summed E-state index contributed by atoms with van der Waals surface area (Å²) in [6, 6.07) is 19.0. The van der Waals surface area contributed by atoms with E-state index in [0.717, 1.165) is 0 Å². The summed E-state index contributed by atoms with van der Waals surface area (Å²) in [6.45, 7) is -0.175. The number of nitrogens with one attached hydrogen (secondary N) is 2. The molecule has 0 radical (unpaired) electrons. The SMILES string of the molecule is N#Cc1cccc(OCC(=O)Nc2ccc(NC(=O)c3cccs3)cc2)c1. The van der Waals surface area contributed by atoms with E-state index in [9.17, 15) is 9.59 Å². The van der Waals surface area contributed by atoms with Gasteiger partial charge in [0.2, 0.25) is 0 Å². The Bertz CT molecular complexity index is 976. The summed E-state index contributed by atoms with van der Waals surface area (Å²) in [7, 11) is 0. The Balaban J connectivity index is 1.51. The Morgan fingerprint density at radius 1 is 1.00 bits per heavy atom. The van der Waals surface area contributed by atoms with Crippen LogP contribution in [0.1, 0.15) is 15.2 Å². The summed E-state index contributed by atoms with van der Waals surface area (Å²) in [6.07, 6.45) is 0. The highest BCUT2D eigenvalue weighted by Gasteiger charge is 2.08. The molecule has 2 N–H and O–H groups in total. The third-order valence-corrected chi connectivity index (χ3v) is 4.37. The summed E-state index contributed by atoms with van der Waals surface area (Å²) in [5, 5.41) is 16.2. The molecule has 1 aromatic heterocycles. The molecule has 27 heavy (non-hydrogen) atoms. The molecule has 0 bridgehead atoms. The zero-order valence-electron chi connectivity index (χ0n) is 14.1. The van der Waals surface area contributed by atoms with Gasteiger partial charge in [0, 0.05) is 11.4 Å². The normalized spacial score (nSPS) is 9.89. The standard InChI is InChI=1S/C20H15N3O3S/c21-12-14-3-1-4-17(11-14)26-13-19(24)22-15-6-8-16(9-7-15)23-20(25)18-5-2-10-27-18/h1-11H,13H2,(H,22,24)(H,23,25). The van der Waals surface area contributed by atoms with E-state index in [4.69, 9.17) is 10.00 Å². The quantitative estimate of drug-likeness (QED) is 0.682. The van der Waals surface area contributed by atoms with Crippen LogP contribution in [0.5, 0.6) is 5.75 Å². The highest BCUT2D eigenvalue weighted by Crippen LogP contribution is 2.17. The maximum Gasteiger partial charge on any atom is 0.265 e. The molecule has 2 amide bonds. The molecule has 0 saturated carbocycles. The monoisotopic (exact) mass is 377 g/mol. The molecule has 0 aliphatic rings. The van der Waals surface area contributed by atoms with Crippen LogP contribution < -0.4 is 15.4 Å². The van der Waals surface area contributed by atoms with Crippen molar-refractivity contribution in [1.29, 1.82) is 5.26 Å². The van der Waals surface area contributed by atoms with Crippen LogP contribution in [0.15, 0.2) is 66.0 Å². The van der Waals surface area contributed by atoms with Crippen molar-refractivity contribution >= 4 is 34.5 Å². The van der Waals surface area contributed by atoms with Crippen molar-refractivity contribution in [3.8, 4) is 11.8 Å². The molecule has 0 aliphatic heterocycles. The summed E-state index contributed by atoms with van der Waals surface area (Å²) in [4.78, 5) is 24.6. The van der Waals surface area contributed by atoms with Crippen LogP contribution in [-0.4, -0.2) is 18.4 Å². The fourth-order valence-electron chi connectivity index (χ4n) is 2.24. The molecule has 3 aromatic rings. The number of amides is 2. The summed E-state index contributed by atoms with van der Waals surface area (Å²) in [5.74, 6) is -0.0432. The minimum absolute atomic E-state index is 0.171. The second-order valence-electron chi connectivity index (χ2n) is 5.49. The van der Waals surface area contributed by atoms with Crippen molar-refractivity contribution in [2.45, 2.75) is 0 Å². The van der Waals surface area contributed by atoms with E-state index in [-0.39, 0.29) is 18.4 Å². The van der Waals surface area contributed by atoms with Crippen molar-refractivity contribution in [3.63, 3.8) is 0 Å². The van der Waals surface area contributed by atoms with Gasteiger partial charge in [0.1, 0.15) is 5.75 Å². The lowest BCUT2D eigenvalue weighted by molar-refractivity contribution is -0.118. The Morgan fingerprint density at radius 2 is 1.74 bits per heavy atom. The van der Waals surface area contributed by atoms with E-state index < -0.39 is 0 Å². The van der Waals surface area contributed by atoms with E-state index in [0.29, 0.717) is 27.6 Å². The van der Waals surface area contributed by atoms with Gasteiger partial charge in [-0.1, -0.05) is 12.1 Å². The Morgan fingerprint density at radius 3 is 2.41 bits per heavy atom. The van der Waals surface area contributed by atoms with Gasteiger partial charge in [0.15, 0.2) is 6.61 Å². The molecule has 0 aliphatic carbocycles. The molecular formula is C20H15N3O3S. The Labute approximate surface area is 160 Å². The van der Waals surface area contributed by atoms with Gasteiger partial charge in [0.25, 0.3) is 11.8 Å². The van der Waals surface area contributed by atoms with E-state index in [2.05, 4.69) is 10.6 Å². The fraction of sp³-hybridized carbons (Fsp3) is 0.0500. The largest absolute Gasteiger partial charge is 0.484 e. The van der Waals surface area contributed by atoms with Crippen molar-refractivity contribution in [2.75, 3.05) is 17.2 Å². The van der Waals surface area contributed by atoms with E-state index >= 15 is 0 Å². The second-order valence-corrected chi connectivity index (χ2v) is 6.43. The van der Waals surface area contributed by atoms with Gasteiger partial charge in [0.05, 0.1) is 16.5 Å². The number of ether oxygens (including phenoxy) is 1. The molecule has 0 atom stereocenters. The number of nitrogens with zero attached hydrogens (tertiary/aromatic N) is 1. The number of anilines is 2. The van der Waals surface area contributed by atoms with Crippen molar-refractivity contribution < 1.29 is 14.3 Å². The molecule has 134 valence electrons. The zero-order chi connectivity index (χ0) is 19.1. The Hall–Kier alpha value is -3.63. The average molecular weight is 377 g/mol. The topological polar surface area (TPSA) is 91.2 Å². The minimum Gasteiger partial charge on any atom is -0.484 e. The van der Waals surface area contributed by atoms with Crippen LogP contribution in [0.25, 0.3) is 0 Å². The fourth-order valence-corrected chi connectivity index (χ4v) is 2.86. The predicted octanol–water partition coefficient (Wildman–Crippen LogP) is 3.89. The van der Waals surface area contributed by atoms with Crippen molar-refractivity contribution in [3.05, 3.63) is 76.5 Å². The Kier molecular flexibility index (Phi) is 5.82. The summed E-state index contributed by atoms with van der Waals surface area (Å²) >= 11 is 1.37. The number of carbonyl (C=O) groups is 2. The van der Waals surface area contributed by atoms with E-state index in [1.165, 1.54) is 11.3 Å². The minimum atomic E-state index is -0.326. The molecule has 0 fully saturated rings. The molecule has 0 saturated heterocycles. The van der Waals surface area contributed by atoms with Crippen LogP contribution in [0.4, 0.5) is 11.4 Å². The van der Waals surface area contributed by atoms with Crippen LogP contribution >= 0.6 is 11.3 Å². The predicted molar refractivity (Wildman–Crippen MR) is 104 cm³/mol. The average Bonchev–Trinajstić information content (AvgIpc) is 3.23. The van der Waals surface area contributed by atoms with Gasteiger partial charge in [-0.25, -0.2) is 0 Å². The maximum atomic E-state index is 12.0. The van der Waals surface area contributed by atoms with Gasteiger partial charge in [-0.05, 0) is 53.9 Å². The van der Waals surface area contributed by atoms with Gasteiger partial charge in [-0.2, -0.15) is 5.26 Å². The van der Waals surface area contributed by atoms with Gasteiger partial charge in [-0.15, -0.1) is 11.3 Å². The first-order valence-corrected chi connectivity index (χ1v) is 8.90. The molecule has 3 rings (SSSR count). The number of carbonyl (C=O) groups excluding carboxylic acids is 2. The molecule has 6 nitrogen and oxygen atoms in total. The zero-order valence-corrected chi connectivity index (χ0v) is 15.0. The van der Waals surface area contributed by atoms with Crippen molar-refractivity contribution in [2.24, 2.45) is 0 Å². The molecule has 7 heteroatoms. The van der Waals surface area contributed by atoms with Crippen LogP contribution in [0.2, 0.25) is 0 Å². The third kappa shape index (κ3) is 5.17. The molecule has 0 unspecified atom stereocenters. The highest BCUT2D eigenvalue weighted by atomic mass is 32.1. The third-order valence-electron chi connectivity index (χ3n) is 3.50. The second kappa shape index (κ2) is 8.65. The number of hydrogen-bond acceptors (Lipinski definition) is 5. The number of nitriles is 1. The first-order chi connectivity index (χ1) is 13.1. The van der Waals surface area contributed by atoms with E-state index in [1.54, 1.807) is 54.6 Å². The van der Waals surface area contributed by atoms with E-state index in [1.807, 2.05) is 17.5 Å². The van der Waals surface area contributed by atoms with Crippen LogP contribution in [-0.2, 0) is 4.79 Å². The lowest BCUT2D eigenvalue weighted by Gasteiger charge is -2.09. The molecule has 1 heterocycles.